The van der Waals surface area contributed by atoms with E-state index in [0.29, 0.717) is 22.7 Å². The van der Waals surface area contributed by atoms with E-state index in [1.807, 2.05) is 0 Å². The number of epoxide rings is 1. The van der Waals surface area contributed by atoms with Crippen molar-refractivity contribution in [1.82, 2.24) is 0 Å². The van der Waals surface area contributed by atoms with Crippen LogP contribution < -0.4 is 9.16 Å². The summed E-state index contributed by atoms with van der Waals surface area (Å²) >= 11 is 0. The maximum atomic E-state index is 7.04. The van der Waals surface area contributed by atoms with Crippen LogP contribution in [-0.4, -0.2) is 27.1 Å². The van der Waals surface area contributed by atoms with Gasteiger partial charge in [0.2, 0.25) is 0 Å². The lowest BCUT2D eigenvalue weighted by atomic mass is 10.00. The quantitative estimate of drug-likeness (QED) is 0.129. The fourth-order valence-corrected chi connectivity index (χ4v) is 11.4. The van der Waals surface area contributed by atoms with Gasteiger partial charge in [0.1, 0.15) is 5.75 Å². The highest BCUT2D eigenvalue weighted by Crippen LogP contribution is 2.46. The predicted octanol–water partition coefficient (Wildman–Crippen LogP) is 10.1. The molecule has 1 aromatic rings. The summed E-state index contributed by atoms with van der Waals surface area (Å²) in [6.07, 6.45) is 11.8. The Morgan fingerprint density at radius 3 is 2.00 bits per heavy atom. The Morgan fingerprint density at radius 2 is 1.49 bits per heavy atom. The third kappa shape index (κ3) is 8.23. The normalized spacial score (nSPS) is 18.2. The molecule has 1 atom stereocenters. The van der Waals surface area contributed by atoms with Crippen molar-refractivity contribution in [3.05, 3.63) is 46.6 Å². The molecule has 0 bridgehead atoms. The van der Waals surface area contributed by atoms with Crippen LogP contribution in [0, 0.1) is 6.92 Å². The number of hydrogen-bond donors (Lipinski definition) is 0. The van der Waals surface area contributed by atoms with Crippen LogP contribution in [0.5, 0.6) is 11.5 Å². The lowest BCUT2D eigenvalue weighted by molar-refractivity contribution is 0.320. The van der Waals surface area contributed by atoms with Crippen LogP contribution in [0.1, 0.15) is 112 Å². The van der Waals surface area contributed by atoms with Crippen LogP contribution in [0.15, 0.2) is 35.4 Å². The summed E-state index contributed by atoms with van der Waals surface area (Å²) in [6, 6.07) is 4.35. The monoisotopic (exact) mass is 528 g/mol. The number of allylic oxidation sites excluding steroid dienone is 4. The van der Waals surface area contributed by atoms with Gasteiger partial charge in [0, 0.05) is 5.56 Å². The second kappa shape index (κ2) is 13.5. The first-order valence-electron chi connectivity index (χ1n) is 14.6. The van der Waals surface area contributed by atoms with E-state index in [4.69, 9.17) is 13.9 Å². The molecule has 0 spiro atoms. The fourth-order valence-electron chi connectivity index (χ4n) is 6.17. The maximum absolute atomic E-state index is 7.04. The van der Waals surface area contributed by atoms with Crippen LogP contribution in [-0.2, 0) is 11.2 Å². The summed E-state index contributed by atoms with van der Waals surface area (Å²) < 4.78 is 18.8. The Labute approximate surface area is 230 Å². The number of rotatable bonds is 15. The molecule has 1 aliphatic heterocycles. The van der Waals surface area contributed by atoms with Crippen molar-refractivity contribution >= 4 is 8.32 Å². The van der Waals surface area contributed by atoms with E-state index in [1.54, 1.807) is 7.11 Å². The average Bonchev–Trinajstić information content (AvgIpc) is 3.43. The second-order valence-electron chi connectivity index (χ2n) is 12.7. The molecule has 0 unspecified atom stereocenters. The number of benzene rings is 1. The zero-order chi connectivity index (χ0) is 28.0. The highest BCUT2D eigenvalue weighted by molar-refractivity contribution is 6.78. The fraction of sp³-hybridized carbons (Fsp3) is 0.697. The largest absolute Gasteiger partial charge is 0.540 e. The number of ether oxygens (including phenoxy) is 2. The van der Waals surface area contributed by atoms with E-state index < -0.39 is 8.32 Å². The van der Waals surface area contributed by atoms with E-state index in [-0.39, 0.29) is 5.60 Å². The van der Waals surface area contributed by atoms with Gasteiger partial charge in [-0.3, -0.25) is 0 Å². The molecular formula is C33H56O3Si. The van der Waals surface area contributed by atoms with Crippen molar-refractivity contribution in [2.75, 3.05) is 7.11 Å². The van der Waals surface area contributed by atoms with Gasteiger partial charge in [0.25, 0.3) is 8.32 Å². The summed E-state index contributed by atoms with van der Waals surface area (Å²) in [7, 11) is -0.258. The third-order valence-corrected chi connectivity index (χ3v) is 14.5. The molecule has 0 amide bonds. The van der Waals surface area contributed by atoms with Gasteiger partial charge in [-0.2, -0.15) is 0 Å². The summed E-state index contributed by atoms with van der Waals surface area (Å²) in [5, 5.41) is 0. The molecule has 3 nitrogen and oxygen atoms in total. The predicted molar refractivity (Wildman–Crippen MR) is 163 cm³/mol. The molecule has 1 aliphatic rings. The summed E-state index contributed by atoms with van der Waals surface area (Å²) in [5.74, 6) is 1.87. The van der Waals surface area contributed by atoms with E-state index >= 15 is 0 Å². The molecule has 0 N–H and O–H groups in total. The molecular weight excluding hydrogens is 472 g/mol. The minimum atomic E-state index is -2.05. The molecule has 1 aromatic carbocycles. The van der Waals surface area contributed by atoms with Gasteiger partial charge in [-0.1, -0.05) is 70.9 Å². The Balaban J connectivity index is 2.03. The Bertz CT molecular complexity index is 917. The van der Waals surface area contributed by atoms with Crippen LogP contribution >= 0.6 is 0 Å². The Kier molecular flexibility index (Phi) is 11.6. The second-order valence-corrected chi connectivity index (χ2v) is 18.1. The Morgan fingerprint density at radius 1 is 0.946 bits per heavy atom. The van der Waals surface area contributed by atoms with Crippen molar-refractivity contribution in [3.63, 3.8) is 0 Å². The molecule has 1 heterocycles. The molecule has 0 radical (unpaired) electrons. The van der Waals surface area contributed by atoms with Gasteiger partial charge >= 0.3 is 0 Å². The van der Waals surface area contributed by atoms with Gasteiger partial charge in [0.05, 0.1) is 18.8 Å². The molecule has 0 aliphatic carbocycles. The number of methoxy groups -OCH3 is 1. The minimum Gasteiger partial charge on any atom is -0.540 e. The van der Waals surface area contributed by atoms with Crippen molar-refractivity contribution in [2.45, 2.75) is 143 Å². The van der Waals surface area contributed by atoms with Gasteiger partial charge < -0.3 is 13.9 Å². The highest BCUT2D eigenvalue weighted by Gasteiger charge is 2.48. The van der Waals surface area contributed by atoms with Crippen molar-refractivity contribution in [1.29, 1.82) is 0 Å². The third-order valence-electron chi connectivity index (χ3n) is 8.54. The SMILES string of the molecule is COc1c(O[Si](C(C)C)(C(C)C)C(C)C)ccc(C)c1CC/C=C(\C)CC/C=C(\C)CC[C@@H]1OC1(C)C. The van der Waals surface area contributed by atoms with Crippen molar-refractivity contribution in [2.24, 2.45) is 0 Å². The molecule has 37 heavy (non-hydrogen) atoms. The maximum Gasteiger partial charge on any atom is 0.258 e. The molecule has 1 fully saturated rings. The van der Waals surface area contributed by atoms with E-state index in [9.17, 15) is 0 Å². The van der Waals surface area contributed by atoms with E-state index in [2.05, 4.69) is 100 Å². The van der Waals surface area contributed by atoms with Gasteiger partial charge in [-0.05, 0) is 101 Å². The average molecular weight is 529 g/mol. The molecule has 4 heteroatoms. The van der Waals surface area contributed by atoms with Crippen LogP contribution in [0.25, 0.3) is 0 Å². The summed E-state index contributed by atoms with van der Waals surface area (Å²) in [4.78, 5) is 0. The zero-order valence-electron chi connectivity index (χ0n) is 26.1. The first-order valence-corrected chi connectivity index (χ1v) is 16.7. The molecule has 0 aromatic heterocycles. The molecule has 210 valence electrons. The summed E-state index contributed by atoms with van der Waals surface area (Å²) in [5.41, 5.74) is 7.20. The topological polar surface area (TPSA) is 31.0 Å². The van der Waals surface area contributed by atoms with Crippen LogP contribution in [0.3, 0.4) is 0 Å². The van der Waals surface area contributed by atoms with E-state index in [0.717, 1.165) is 50.0 Å². The summed E-state index contributed by atoms with van der Waals surface area (Å²) in [6.45, 7) is 25.1. The minimum absolute atomic E-state index is 0.106. The standard InChI is InChI=1S/C33H56O3Si/c1-23(2)37(24(3)4,25(5)6)36-30-21-20-28(9)29(32(30)34-12)18-14-17-26(7)15-13-16-27(8)19-22-31-33(10,11)35-31/h16-17,20-21,23-25,31H,13-15,18-19,22H2,1-12H3/b26-17+,27-16+/t31-/m0/s1. The van der Waals surface area contributed by atoms with Crippen LogP contribution in [0.2, 0.25) is 16.6 Å². The highest BCUT2D eigenvalue weighted by atomic mass is 28.4. The zero-order valence-corrected chi connectivity index (χ0v) is 27.1. The molecule has 2 rings (SSSR count). The van der Waals surface area contributed by atoms with Gasteiger partial charge in [-0.15, -0.1) is 0 Å². The first kappa shape index (κ1) is 31.7. The van der Waals surface area contributed by atoms with E-state index in [1.165, 1.54) is 22.3 Å². The number of hydrogen-bond acceptors (Lipinski definition) is 3. The smallest absolute Gasteiger partial charge is 0.258 e. The van der Waals surface area contributed by atoms with Crippen molar-refractivity contribution in [3.8, 4) is 11.5 Å². The lowest BCUT2D eigenvalue weighted by Gasteiger charge is -2.42. The number of aryl methyl sites for hydroxylation is 1. The molecule has 1 saturated heterocycles. The first-order chi connectivity index (χ1) is 17.3. The molecule has 0 saturated carbocycles. The lowest BCUT2D eigenvalue weighted by Crippen LogP contribution is -2.50. The van der Waals surface area contributed by atoms with Crippen LogP contribution in [0.4, 0.5) is 0 Å². The van der Waals surface area contributed by atoms with Gasteiger partial charge in [0.15, 0.2) is 5.75 Å². The van der Waals surface area contributed by atoms with Crippen molar-refractivity contribution < 1.29 is 13.9 Å². The Hall–Kier alpha value is -1.52. The van der Waals surface area contributed by atoms with Gasteiger partial charge in [-0.25, -0.2) is 0 Å².